The van der Waals surface area contributed by atoms with Gasteiger partial charge in [-0.05, 0) is 29.8 Å². The van der Waals surface area contributed by atoms with Crippen LogP contribution in [0.3, 0.4) is 0 Å². The third-order valence-electron chi connectivity index (χ3n) is 4.38. The number of rotatable bonds is 5. The van der Waals surface area contributed by atoms with Crippen molar-refractivity contribution in [2.75, 3.05) is 38.6 Å². The number of anilines is 1. The molecule has 1 amide bonds. The molecule has 6 heteroatoms. The molecule has 5 nitrogen and oxygen atoms in total. The highest BCUT2D eigenvalue weighted by Gasteiger charge is 2.23. The molecule has 2 aromatic carbocycles. The zero-order chi connectivity index (χ0) is 17.6. The van der Waals surface area contributed by atoms with Crippen LogP contribution in [-0.2, 0) is 4.74 Å². The van der Waals surface area contributed by atoms with E-state index in [1.807, 2.05) is 36.4 Å². The molecule has 3 rings (SSSR count). The standard InChI is InChI=1S/C19H22ClN3O2/c20-15-5-3-4-14(12-15)18(23-8-10-25-11-9-23)13-22-19(24)16-6-1-2-7-17(16)21/h1-7,12,18H,8-11,13,21H2,(H,22,24). The van der Waals surface area contributed by atoms with Gasteiger partial charge in [-0.3, -0.25) is 9.69 Å². The minimum Gasteiger partial charge on any atom is -0.398 e. The Bertz CT molecular complexity index is 732. The number of halogens is 1. The molecule has 0 bridgehead atoms. The van der Waals surface area contributed by atoms with Crippen molar-refractivity contribution in [3.8, 4) is 0 Å². The summed E-state index contributed by atoms with van der Waals surface area (Å²) in [5, 5.41) is 3.70. The molecule has 0 aromatic heterocycles. The van der Waals surface area contributed by atoms with Gasteiger partial charge in [-0.1, -0.05) is 35.9 Å². The summed E-state index contributed by atoms with van der Waals surface area (Å²) < 4.78 is 5.45. The van der Waals surface area contributed by atoms with Crippen LogP contribution in [0.2, 0.25) is 5.02 Å². The van der Waals surface area contributed by atoms with Gasteiger partial charge in [-0.25, -0.2) is 0 Å². The van der Waals surface area contributed by atoms with Gasteiger partial charge in [0, 0.05) is 30.3 Å². The summed E-state index contributed by atoms with van der Waals surface area (Å²) in [6.45, 7) is 3.50. The second kappa shape index (κ2) is 8.34. The van der Waals surface area contributed by atoms with E-state index in [4.69, 9.17) is 22.1 Å². The van der Waals surface area contributed by atoms with Crippen molar-refractivity contribution in [3.63, 3.8) is 0 Å². The van der Waals surface area contributed by atoms with E-state index >= 15 is 0 Å². The van der Waals surface area contributed by atoms with E-state index in [-0.39, 0.29) is 11.9 Å². The Hall–Kier alpha value is -2.08. The van der Waals surface area contributed by atoms with Crippen molar-refractivity contribution in [2.45, 2.75) is 6.04 Å². The van der Waals surface area contributed by atoms with E-state index < -0.39 is 0 Å². The minimum absolute atomic E-state index is 0.0384. The van der Waals surface area contributed by atoms with E-state index in [2.05, 4.69) is 10.2 Å². The predicted octanol–water partition coefficient (Wildman–Crippen LogP) is 2.73. The fourth-order valence-electron chi connectivity index (χ4n) is 3.05. The molecular formula is C19H22ClN3O2. The maximum atomic E-state index is 12.5. The lowest BCUT2D eigenvalue weighted by atomic mass is 10.0. The molecule has 132 valence electrons. The number of amides is 1. The minimum atomic E-state index is -0.168. The number of nitrogens with one attached hydrogen (secondary N) is 1. The van der Waals surface area contributed by atoms with Crippen molar-refractivity contribution < 1.29 is 9.53 Å². The Labute approximate surface area is 152 Å². The van der Waals surface area contributed by atoms with Gasteiger partial charge >= 0.3 is 0 Å². The molecule has 0 spiro atoms. The molecule has 2 aromatic rings. The monoisotopic (exact) mass is 359 g/mol. The zero-order valence-electron chi connectivity index (χ0n) is 14.0. The summed E-state index contributed by atoms with van der Waals surface area (Å²) >= 11 is 6.16. The van der Waals surface area contributed by atoms with E-state index in [1.54, 1.807) is 12.1 Å². The maximum Gasteiger partial charge on any atom is 0.253 e. The highest BCUT2D eigenvalue weighted by Crippen LogP contribution is 2.24. The topological polar surface area (TPSA) is 67.6 Å². The molecule has 1 unspecified atom stereocenters. The summed E-state index contributed by atoms with van der Waals surface area (Å²) in [4.78, 5) is 14.8. The van der Waals surface area contributed by atoms with Gasteiger partial charge in [0.05, 0.1) is 24.8 Å². The number of hydrogen-bond acceptors (Lipinski definition) is 4. The van der Waals surface area contributed by atoms with Crippen molar-refractivity contribution >= 4 is 23.2 Å². The van der Waals surface area contributed by atoms with Crippen molar-refractivity contribution in [3.05, 3.63) is 64.7 Å². The quantitative estimate of drug-likeness (QED) is 0.805. The van der Waals surface area contributed by atoms with Crippen molar-refractivity contribution in [2.24, 2.45) is 0 Å². The van der Waals surface area contributed by atoms with Gasteiger partial charge in [0.15, 0.2) is 0 Å². The van der Waals surface area contributed by atoms with Crippen LogP contribution in [0.1, 0.15) is 22.0 Å². The van der Waals surface area contributed by atoms with E-state index in [0.717, 1.165) is 18.7 Å². The number of benzene rings is 2. The van der Waals surface area contributed by atoms with Crippen molar-refractivity contribution in [1.29, 1.82) is 0 Å². The number of hydrogen-bond donors (Lipinski definition) is 2. The first kappa shape index (κ1) is 17.7. The van der Waals surface area contributed by atoms with Gasteiger partial charge in [-0.15, -0.1) is 0 Å². The molecule has 0 aliphatic carbocycles. The van der Waals surface area contributed by atoms with Crippen LogP contribution < -0.4 is 11.1 Å². The lowest BCUT2D eigenvalue weighted by molar-refractivity contribution is 0.0162. The van der Waals surface area contributed by atoms with Crippen LogP contribution >= 0.6 is 11.6 Å². The number of morpholine rings is 1. The van der Waals surface area contributed by atoms with E-state index in [1.165, 1.54) is 0 Å². The number of carbonyl (C=O) groups is 1. The fraction of sp³-hybridized carbons (Fsp3) is 0.316. The second-order valence-electron chi connectivity index (χ2n) is 6.02. The summed E-state index contributed by atoms with van der Waals surface area (Å²) in [7, 11) is 0. The summed E-state index contributed by atoms with van der Waals surface area (Å²) in [6, 6.07) is 14.9. The van der Waals surface area contributed by atoms with Gasteiger partial charge in [0.2, 0.25) is 0 Å². The predicted molar refractivity (Wildman–Crippen MR) is 99.8 cm³/mol. The average molecular weight is 360 g/mol. The molecule has 1 aliphatic rings. The molecule has 1 saturated heterocycles. The van der Waals surface area contributed by atoms with Gasteiger partial charge < -0.3 is 15.8 Å². The molecule has 25 heavy (non-hydrogen) atoms. The number of carbonyl (C=O) groups excluding carboxylic acids is 1. The molecule has 1 aliphatic heterocycles. The first-order valence-corrected chi connectivity index (χ1v) is 8.73. The lowest BCUT2D eigenvalue weighted by Crippen LogP contribution is -2.43. The molecule has 0 saturated carbocycles. The highest BCUT2D eigenvalue weighted by atomic mass is 35.5. The number of nitrogens with two attached hydrogens (primary N) is 1. The van der Waals surface area contributed by atoms with Crippen LogP contribution in [-0.4, -0.2) is 43.7 Å². The molecule has 0 radical (unpaired) electrons. The van der Waals surface area contributed by atoms with Crippen LogP contribution in [0, 0.1) is 0 Å². The zero-order valence-corrected chi connectivity index (χ0v) is 14.7. The Balaban J connectivity index is 1.75. The van der Waals surface area contributed by atoms with Crippen molar-refractivity contribution in [1.82, 2.24) is 10.2 Å². The SMILES string of the molecule is Nc1ccccc1C(=O)NCC(c1cccc(Cl)c1)N1CCOCC1. The van der Waals surface area contributed by atoms with E-state index in [9.17, 15) is 4.79 Å². The van der Waals surface area contributed by atoms with Gasteiger partial charge in [-0.2, -0.15) is 0 Å². The summed E-state index contributed by atoms with van der Waals surface area (Å²) in [6.07, 6.45) is 0. The van der Waals surface area contributed by atoms with Crippen LogP contribution in [0.25, 0.3) is 0 Å². The Morgan fingerprint density at radius 2 is 1.96 bits per heavy atom. The number of nitrogen functional groups attached to an aromatic ring is 1. The molecule has 3 N–H and O–H groups in total. The summed E-state index contributed by atoms with van der Waals surface area (Å²) in [5.41, 5.74) is 7.95. The van der Waals surface area contributed by atoms with Crippen LogP contribution in [0.5, 0.6) is 0 Å². The van der Waals surface area contributed by atoms with Gasteiger partial charge in [0.25, 0.3) is 5.91 Å². The first-order chi connectivity index (χ1) is 12.1. The van der Waals surface area contributed by atoms with Gasteiger partial charge in [0.1, 0.15) is 0 Å². The molecule has 1 fully saturated rings. The first-order valence-electron chi connectivity index (χ1n) is 8.35. The lowest BCUT2D eigenvalue weighted by Gasteiger charge is -2.35. The number of nitrogens with zero attached hydrogens (tertiary/aromatic N) is 1. The maximum absolute atomic E-state index is 12.5. The third-order valence-corrected chi connectivity index (χ3v) is 4.62. The third kappa shape index (κ3) is 4.51. The Morgan fingerprint density at radius 1 is 1.20 bits per heavy atom. The molecule has 1 atom stereocenters. The van der Waals surface area contributed by atoms with Crippen LogP contribution in [0.4, 0.5) is 5.69 Å². The fourth-order valence-corrected chi connectivity index (χ4v) is 3.25. The molecule has 1 heterocycles. The smallest absolute Gasteiger partial charge is 0.253 e. The number of para-hydroxylation sites is 1. The number of ether oxygens (including phenoxy) is 1. The average Bonchev–Trinajstić information content (AvgIpc) is 2.63. The Morgan fingerprint density at radius 3 is 2.68 bits per heavy atom. The molecular weight excluding hydrogens is 338 g/mol. The normalized spacial score (nSPS) is 16.4. The second-order valence-corrected chi connectivity index (χ2v) is 6.45. The van der Waals surface area contributed by atoms with Crippen LogP contribution in [0.15, 0.2) is 48.5 Å². The summed E-state index contributed by atoms with van der Waals surface area (Å²) in [5.74, 6) is -0.168. The van der Waals surface area contributed by atoms with E-state index in [0.29, 0.717) is 36.0 Å². The largest absolute Gasteiger partial charge is 0.398 e. The highest BCUT2D eigenvalue weighted by molar-refractivity contribution is 6.30. The Kier molecular flexibility index (Phi) is 5.91.